The highest BCUT2D eigenvalue weighted by atomic mass is 15.0. The summed E-state index contributed by atoms with van der Waals surface area (Å²) in [6.07, 6.45) is 0. The van der Waals surface area contributed by atoms with Crippen molar-refractivity contribution in [2.24, 2.45) is 0 Å². The van der Waals surface area contributed by atoms with Crippen molar-refractivity contribution in [3.05, 3.63) is 170 Å². The third-order valence-electron chi connectivity index (χ3n) is 9.69. The van der Waals surface area contributed by atoms with Gasteiger partial charge in [0.25, 0.3) is 0 Å². The Kier molecular flexibility index (Phi) is 5.61. The standard InChI is InChI=1S/C45H28N2/c1-3-11-31-23-33(19-17-29(31)9-1)36-25-37(34-20-18-30-10-2-4-12-32(30)24-34)27-38(26-36)35-21-22-44-42(28-35)46-45-41-15-6-5-13-39(41)40-14-7-8-16-43(40)47(44)45/h1-28H. The van der Waals surface area contributed by atoms with Crippen LogP contribution in [0.2, 0.25) is 0 Å². The first-order valence-electron chi connectivity index (χ1n) is 16.1. The molecule has 2 heterocycles. The first-order chi connectivity index (χ1) is 23.3. The molecular weight excluding hydrogens is 569 g/mol. The summed E-state index contributed by atoms with van der Waals surface area (Å²) < 4.78 is 2.32. The molecule has 0 saturated heterocycles. The Bertz CT molecular complexity index is 2760. The lowest BCUT2D eigenvalue weighted by atomic mass is 9.92. The van der Waals surface area contributed by atoms with Gasteiger partial charge in [0.2, 0.25) is 0 Å². The van der Waals surface area contributed by atoms with Crippen LogP contribution in [0.15, 0.2) is 170 Å². The van der Waals surface area contributed by atoms with Crippen LogP contribution in [-0.4, -0.2) is 9.38 Å². The van der Waals surface area contributed by atoms with Crippen molar-refractivity contribution < 1.29 is 0 Å². The quantitative estimate of drug-likeness (QED) is 0.185. The first-order valence-corrected chi connectivity index (χ1v) is 16.1. The van der Waals surface area contributed by atoms with Crippen molar-refractivity contribution in [1.29, 1.82) is 0 Å². The van der Waals surface area contributed by atoms with Gasteiger partial charge >= 0.3 is 0 Å². The normalized spacial score (nSPS) is 11.8. The van der Waals surface area contributed by atoms with Crippen LogP contribution in [0.3, 0.4) is 0 Å². The lowest BCUT2D eigenvalue weighted by Crippen LogP contribution is -1.91. The van der Waals surface area contributed by atoms with E-state index >= 15 is 0 Å². The zero-order chi connectivity index (χ0) is 30.9. The minimum absolute atomic E-state index is 0.993. The number of fused-ring (bicyclic) bond motifs is 10. The second-order valence-corrected chi connectivity index (χ2v) is 12.5. The van der Waals surface area contributed by atoms with Gasteiger partial charge in [-0.05, 0) is 109 Å². The lowest BCUT2D eigenvalue weighted by Gasteiger charge is -2.13. The van der Waals surface area contributed by atoms with E-state index in [-0.39, 0.29) is 0 Å². The van der Waals surface area contributed by atoms with Crippen LogP contribution in [-0.2, 0) is 0 Å². The summed E-state index contributed by atoms with van der Waals surface area (Å²) in [6.45, 7) is 0. The summed E-state index contributed by atoms with van der Waals surface area (Å²) in [5.74, 6) is 0. The maximum absolute atomic E-state index is 5.27. The minimum atomic E-state index is 0.993. The number of aromatic nitrogens is 2. The minimum Gasteiger partial charge on any atom is -0.292 e. The predicted molar refractivity (Wildman–Crippen MR) is 199 cm³/mol. The van der Waals surface area contributed by atoms with Gasteiger partial charge in [-0.2, -0.15) is 0 Å². The van der Waals surface area contributed by atoms with Crippen molar-refractivity contribution in [3.8, 4) is 33.4 Å². The average molecular weight is 597 g/mol. The Balaban J connectivity index is 1.21. The molecule has 0 N–H and O–H groups in total. The number of rotatable bonds is 3. The van der Waals surface area contributed by atoms with Gasteiger partial charge in [-0.3, -0.25) is 4.40 Å². The fourth-order valence-corrected chi connectivity index (χ4v) is 7.36. The highest BCUT2D eigenvalue weighted by Gasteiger charge is 2.15. The van der Waals surface area contributed by atoms with E-state index in [0.29, 0.717) is 0 Å². The zero-order valence-electron chi connectivity index (χ0n) is 25.6. The van der Waals surface area contributed by atoms with Gasteiger partial charge in [-0.25, -0.2) is 4.98 Å². The molecule has 0 aliphatic rings. The van der Waals surface area contributed by atoms with Gasteiger partial charge < -0.3 is 0 Å². The van der Waals surface area contributed by atoms with E-state index in [1.807, 2.05) is 0 Å². The van der Waals surface area contributed by atoms with Crippen molar-refractivity contribution in [2.45, 2.75) is 0 Å². The molecule has 2 heteroatoms. The molecule has 0 atom stereocenters. The van der Waals surface area contributed by atoms with Crippen LogP contribution in [0, 0.1) is 0 Å². The summed E-state index contributed by atoms with van der Waals surface area (Å²) in [5.41, 5.74) is 11.4. The van der Waals surface area contributed by atoms with Gasteiger partial charge in [-0.1, -0.05) is 121 Å². The van der Waals surface area contributed by atoms with Crippen LogP contribution in [0.25, 0.3) is 93.3 Å². The molecule has 0 aliphatic heterocycles. The van der Waals surface area contributed by atoms with E-state index in [2.05, 4.69) is 174 Å². The number of hydrogen-bond donors (Lipinski definition) is 0. The Hall–Kier alpha value is -6.25. The van der Waals surface area contributed by atoms with Crippen molar-refractivity contribution >= 4 is 59.9 Å². The number of para-hydroxylation sites is 1. The molecule has 0 aliphatic carbocycles. The van der Waals surface area contributed by atoms with E-state index in [4.69, 9.17) is 4.98 Å². The van der Waals surface area contributed by atoms with E-state index in [0.717, 1.165) is 22.2 Å². The maximum Gasteiger partial charge on any atom is 0.146 e. The molecule has 0 radical (unpaired) electrons. The number of imidazole rings is 1. The Morgan fingerprint density at radius 1 is 0.319 bits per heavy atom. The SMILES string of the molecule is c1ccc2cc(-c3cc(-c4ccc5ccccc5c4)cc(-c4ccc5c(c4)nc4c6ccccc6c6ccccc6n54)c3)ccc2c1. The highest BCUT2D eigenvalue weighted by molar-refractivity contribution is 6.14. The smallest absolute Gasteiger partial charge is 0.146 e. The molecule has 0 bridgehead atoms. The molecule has 0 spiro atoms. The van der Waals surface area contributed by atoms with E-state index in [9.17, 15) is 0 Å². The Morgan fingerprint density at radius 2 is 0.809 bits per heavy atom. The van der Waals surface area contributed by atoms with Crippen molar-refractivity contribution in [1.82, 2.24) is 9.38 Å². The van der Waals surface area contributed by atoms with Gasteiger partial charge in [0.1, 0.15) is 5.65 Å². The third kappa shape index (κ3) is 4.16. The summed E-state index contributed by atoms with van der Waals surface area (Å²) in [4.78, 5) is 5.27. The Labute approximate surface area is 271 Å². The molecule has 0 amide bonds. The summed E-state index contributed by atoms with van der Waals surface area (Å²) in [7, 11) is 0. The largest absolute Gasteiger partial charge is 0.292 e. The third-order valence-corrected chi connectivity index (χ3v) is 9.69. The molecule has 10 aromatic rings. The molecule has 0 fully saturated rings. The number of hydrogen-bond acceptors (Lipinski definition) is 1. The van der Waals surface area contributed by atoms with Crippen LogP contribution in [0.4, 0.5) is 0 Å². The second kappa shape index (κ2) is 10.1. The molecule has 218 valence electrons. The van der Waals surface area contributed by atoms with Crippen LogP contribution in [0.1, 0.15) is 0 Å². The van der Waals surface area contributed by atoms with Gasteiger partial charge in [0.15, 0.2) is 0 Å². The summed E-state index contributed by atoms with van der Waals surface area (Å²) in [6, 6.07) is 61.7. The van der Waals surface area contributed by atoms with Crippen LogP contribution < -0.4 is 0 Å². The fourth-order valence-electron chi connectivity index (χ4n) is 7.36. The molecule has 47 heavy (non-hydrogen) atoms. The summed E-state index contributed by atoms with van der Waals surface area (Å²) in [5, 5.41) is 8.62. The molecular formula is C45H28N2. The zero-order valence-corrected chi connectivity index (χ0v) is 25.6. The lowest BCUT2D eigenvalue weighted by molar-refractivity contribution is 1.31. The van der Waals surface area contributed by atoms with Gasteiger partial charge in [-0.15, -0.1) is 0 Å². The molecule has 8 aromatic carbocycles. The molecule has 2 aromatic heterocycles. The summed E-state index contributed by atoms with van der Waals surface area (Å²) >= 11 is 0. The number of nitrogens with zero attached hydrogens (tertiary/aromatic N) is 2. The van der Waals surface area contributed by atoms with Crippen LogP contribution in [0.5, 0.6) is 0 Å². The highest BCUT2D eigenvalue weighted by Crippen LogP contribution is 2.37. The molecule has 0 unspecified atom stereocenters. The first kappa shape index (κ1) is 26.0. The van der Waals surface area contributed by atoms with Crippen LogP contribution >= 0.6 is 0 Å². The van der Waals surface area contributed by atoms with Crippen molar-refractivity contribution in [2.75, 3.05) is 0 Å². The number of pyridine rings is 1. The molecule has 0 saturated carbocycles. The van der Waals surface area contributed by atoms with Crippen molar-refractivity contribution in [3.63, 3.8) is 0 Å². The van der Waals surface area contributed by atoms with E-state index in [1.54, 1.807) is 0 Å². The monoisotopic (exact) mass is 596 g/mol. The average Bonchev–Trinajstić information content (AvgIpc) is 3.54. The number of benzene rings is 8. The molecule has 10 rings (SSSR count). The van der Waals surface area contributed by atoms with E-state index < -0.39 is 0 Å². The van der Waals surface area contributed by atoms with E-state index in [1.165, 1.54) is 71.0 Å². The molecule has 2 nitrogen and oxygen atoms in total. The van der Waals surface area contributed by atoms with Gasteiger partial charge in [0.05, 0.1) is 16.6 Å². The maximum atomic E-state index is 5.27. The second-order valence-electron chi connectivity index (χ2n) is 12.5. The predicted octanol–water partition coefficient (Wildman–Crippen LogP) is 12.1. The van der Waals surface area contributed by atoms with Gasteiger partial charge in [0, 0.05) is 10.8 Å². The fraction of sp³-hybridized carbons (Fsp3) is 0. The Morgan fingerprint density at radius 3 is 1.45 bits per heavy atom. The topological polar surface area (TPSA) is 17.3 Å².